The van der Waals surface area contributed by atoms with Crippen LogP contribution >= 0.6 is 15.9 Å². The zero-order valence-corrected chi connectivity index (χ0v) is 11.4. The summed E-state index contributed by atoms with van der Waals surface area (Å²) in [5.74, 6) is 0.557. The lowest BCUT2D eigenvalue weighted by molar-refractivity contribution is 0.105. The van der Waals surface area contributed by atoms with Crippen molar-refractivity contribution in [2.45, 2.75) is 31.8 Å². The Morgan fingerprint density at radius 1 is 1.41 bits per heavy atom. The summed E-state index contributed by atoms with van der Waals surface area (Å²) in [6.45, 7) is 0.892. The summed E-state index contributed by atoms with van der Waals surface area (Å²) in [7, 11) is 0. The van der Waals surface area contributed by atoms with Crippen molar-refractivity contribution in [3.63, 3.8) is 0 Å². The van der Waals surface area contributed by atoms with E-state index in [-0.39, 0.29) is 6.10 Å². The number of hydrogen-bond donors (Lipinski definition) is 3. The molecule has 0 heterocycles. The molecule has 2 atom stereocenters. The molecule has 0 aliphatic heterocycles. The van der Waals surface area contributed by atoms with Gasteiger partial charge < -0.3 is 16.2 Å². The van der Waals surface area contributed by atoms with Crippen molar-refractivity contribution in [1.29, 1.82) is 0 Å². The molecule has 0 spiro atoms. The van der Waals surface area contributed by atoms with Crippen LogP contribution < -0.4 is 11.1 Å². The van der Waals surface area contributed by atoms with Crippen molar-refractivity contribution in [2.75, 3.05) is 17.6 Å². The minimum Gasteiger partial charge on any atom is -0.397 e. The Balaban J connectivity index is 1.88. The molecule has 1 saturated carbocycles. The van der Waals surface area contributed by atoms with E-state index in [9.17, 15) is 5.11 Å². The molecule has 0 radical (unpaired) electrons. The van der Waals surface area contributed by atoms with Gasteiger partial charge in [-0.15, -0.1) is 0 Å². The van der Waals surface area contributed by atoms with Gasteiger partial charge in [-0.1, -0.05) is 22.4 Å². The normalized spacial score (nSPS) is 24.6. The Hall–Kier alpha value is -0.740. The first-order valence-corrected chi connectivity index (χ1v) is 6.91. The van der Waals surface area contributed by atoms with E-state index in [0.717, 1.165) is 41.7 Å². The quantitative estimate of drug-likeness (QED) is 0.752. The molecule has 94 valence electrons. The molecule has 2 rings (SSSR count). The molecule has 1 aromatic carbocycles. The summed E-state index contributed by atoms with van der Waals surface area (Å²) in [6.07, 6.45) is 4.07. The number of nitrogen functional groups attached to an aromatic ring is 1. The molecule has 1 aliphatic rings. The van der Waals surface area contributed by atoms with Gasteiger partial charge in [0, 0.05) is 11.0 Å². The lowest BCUT2D eigenvalue weighted by Crippen LogP contribution is -2.25. The third kappa shape index (κ3) is 3.61. The Morgan fingerprint density at radius 2 is 2.24 bits per heavy atom. The van der Waals surface area contributed by atoms with E-state index in [1.165, 1.54) is 6.42 Å². The van der Waals surface area contributed by atoms with Crippen molar-refractivity contribution in [2.24, 2.45) is 5.92 Å². The maximum atomic E-state index is 9.61. The number of aliphatic hydroxyl groups excluding tert-OH is 1. The van der Waals surface area contributed by atoms with Crippen LogP contribution in [-0.2, 0) is 0 Å². The Labute approximate surface area is 111 Å². The van der Waals surface area contributed by atoms with Crippen LogP contribution in [0, 0.1) is 5.92 Å². The molecular weight excluding hydrogens is 280 g/mol. The predicted octanol–water partition coefficient (Wildman–Crippen LogP) is 2.99. The highest BCUT2D eigenvalue weighted by Gasteiger charge is 2.19. The van der Waals surface area contributed by atoms with Gasteiger partial charge in [-0.05, 0) is 43.4 Å². The molecule has 4 N–H and O–H groups in total. The molecule has 0 aromatic heterocycles. The van der Waals surface area contributed by atoms with Crippen LogP contribution in [0.15, 0.2) is 22.7 Å². The van der Waals surface area contributed by atoms with E-state index in [4.69, 9.17) is 5.73 Å². The van der Waals surface area contributed by atoms with Crippen molar-refractivity contribution in [1.82, 2.24) is 0 Å². The van der Waals surface area contributed by atoms with Crippen LogP contribution in [0.5, 0.6) is 0 Å². The number of aliphatic hydroxyl groups is 1. The fourth-order valence-corrected chi connectivity index (χ4v) is 2.78. The topological polar surface area (TPSA) is 58.3 Å². The second-order valence-electron chi connectivity index (χ2n) is 4.80. The Morgan fingerprint density at radius 3 is 2.94 bits per heavy atom. The monoisotopic (exact) mass is 298 g/mol. The molecule has 0 amide bonds. The van der Waals surface area contributed by atoms with Crippen LogP contribution in [0.1, 0.15) is 25.7 Å². The second-order valence-corrected chi connectivity index (χ2v) is 5.71. The smallest absolute Gasteiger partial charge is 0.0574 e. The number of benzene rings is 1. The van der Waals surface area contributed by atoms with E-state index >= 15 is 0 Å². The molecule has 0 saturated heterocycles. The summed E-state index contributed by atoms with van der Waals surface area (Å²) in [5.41, 5.74) is 7.66. The summed E-state index contributed by atoms with van der Waals surface area (Å²) >= 11 is 3.39. The summed E-state index contributed by atoms with van der Waals surface area (Å²) in [5, 5.41) is 13.0. The van der Waals surface area contributed by atoms with E-state index < -0.39 is 0 Å². The number of halogens is 1. The zero-order valence-electron chi connectivity index (χ0n) is 9.82. The highest BCUT2D eigenvalue weighted by Crippen LogP contribution is 2.27. The number of anilines is 2. The molecular formula is C13H19BrN2O. The van der Waals surface area contributed by atoms with Gasteiger partial charge in [0.1, 0.15) is 0 Å². The second kappa shape index (κ2) is 5.74. The average Bonchev–Trinajstić information content (AvgIpc) is 2.28. The van der Waals surface area contributed by atoms with Gasteiger partial charge >= 0.3 is 0 Å². The Bertz CT molecular complexity index is 384. The van der Waals surface area contributed by atoms with Crippen molar-refractivity contribution in [3.8, 4) is 0 Å². The first-order chi connectivity index (χ1) is 8.15. The summed E-state index contributed by atoms with van der Waals surface area (Å²) in [6, 6.07) is 5.87. The minimum absolute atomic E-state index is 0.113. The standard InChI is InChI=1S/C13H19BrN2O/c14-10-4-5-13(12(15)7-10)16-8-9-2-1-3-11(17)6-9/h4-5,7,9,11,16-17H,1-3,6,8,15H2. The SMILES string of the molecule is Nc1cc(Br)ccc1NCC1CCCC(O)C1. The van der Waals surface area contributed by atoms with E-state index in [1.54, 1.807) is 0 Å². The molecule has 0 bridgehead atoms. The molecule has 1 aromatic rings. The van der Waals surface area contributed by atoms with Crippen LogP contribution in [0.4, 0.5) is 11.4 Å². The number of nitrogens with one attached hydrogen (secondary N) is 1. The van der Waals surface area contributed by atoms with Crippen LogP contribution in [-0.4, -0.2) is 17.8 Å². The van der Waals surface area contributed by atoms with Gasteiger partial charge in [-0.25, -0.2) is 0 Å². The van der Waals surface area contributed by atoms with Gasteiger partial charge in [-0.3, -0.25) is 0 Å². The summed E-state index contributed by atoms with van der Waals surface area (Å²) in [4.78, 5) is 0. The molecule has 3 nitrogen and oxygen atoms in total. The maximum absolute atomic E-state index is 9.61. The maximum Gasteiger partial charge on any atom is 0.0574 e. The molecule has 1 fully saturated rings. The minimum atomic E-state index is -0.113. The van der Waals surface area contributed by atoms with Gasteiger partial charge in [0.2, 0.25) is 0 Å². The average molecular weight is 299 g/mol. The molecule has 4 heteroatoms. The van der Waals surface area contributed by atoms with E-state index in [1.807, 2.05) is 18.2 Å². The van der Waals surface area contributed by atoms with Crippen molar-refractivity contribution in [3.05, 3.63) is 22.7 Å². The fraction of sp³-hybridized carbons (Fsp3) is 0.538. The summed E-state index contributed by atoms with van der Waals surface area (Å²) < 4.78 is 0.994. The first kappa shape index (κ1) is 12.7. The Kier molecular flexibility index (Phi) is 4.29. The molecule has 1 aliphatic carbocycles. The molecule has 17 heavy (non-hydrogen) atoms. The first-order valence-electron chi connectivity index (χ1n) is 6.12. The van der Waals surface area contributed by atoms with Crippen molar-refractivity contribution >= 4 is 27.3 Å². The largest absolute Gasteiger partial charge is 0.397 e. The number of hydrogen-bond acceptors (Lipinski definition) is 3. The van der Waals surface area contributed by atoms with Crippen LogP contribution in [0.2, 0.25) is 0 Å². The van der Waals surface area contributed by atoms with Gasteiger partial charge in [-0.2, -0.15) is 0 Å². The third-order valence-corrected chi connectivity index (χ3v) is 3.84. The van der Waals surface area contributed by atoms with E-state index in [0.29, 0.717) is 5.92 Å². The van der Waals surface area contributed by atoms with Crippen molar-refractivity contribution < 1.29 is 5.11 Å². The lowest BCUT2D eigenvalue weighted by atomic mass is 9.87. The lowest BCUT2D eigenvalue weighted by Gasteiger charge is -2.26. The highest BCUT2D eigenvalue weighted by molar-refractivity contribution is 9.10. The van der Waals surface area contributed by atoms with Gasteiger partial charge in [0.15, 0.2) is 0 Å². The van der Waals surface area contributed by atoms with Crippen LogP contribution in [0.25, 0.3) is 0 Å². The predicted molar refractivity (Wildman–Crippen MR) is 75.0 cm³/mol. The zero-order chi connectivity index (χ0) is 12.3. The van der Waals surface area contributed by atoms with Crippen LogP contribution in [0.3, 0.4) is 0 Å². The number of nitrogens with two attached hydrogens (primary N) is 1. The molecule has 2 unspecified atom stereocenters. The fourth-order valence-electron chi connectivity index (χ4n) is 2.40. The number of rotatable bonds is 3. The highest BCUT2D eigenvalue weighted by atomic mass is 79.9. The van der Waals surface area contributed by atoms with E-state index in [2.05, 4.69) is 21.2 Å². The van der Waals surface area contributed by atoms with Gasteiger partial charge in [0.05, 0.1) is 17.5 Å². The van der Waals surface area contributed by atoms with Gasteiger partial charge in [0.25, 0.3) is 0 Å². The third-order valence-electron chi connectivity index (χ3n) is 3.35.